The Morgan fingerprint density at radius 2 is 1.95 bits per heavy atom. The lowest BCUT2D eigenvalue weighted by Gasteiger charge is -2.02. The maximum atomic E-state index is 11.2. The summed E-state index contributed by atoms with van der Waals surface area (Å²) in [6.07, 6.45) is 1.66. The van der Waals surface area contributed by atoms with E-state index in [0.717, 1.165) is 5.56 Å². The van der Waals surface area contributed by atoms with Gasteiger partial charge in [0.1, 0.15) is 5.75 Å². The zero-order valence-corrected chi connectivity index (χ0v) is 12.6. The van der Waals surface area contributed by atoms with Crippen LogP contribution >= 0.6 is 0 Å². The van der Waals surface area contributed by atoms with E-state index in [1.807, 2.05) is 0 Å². The Hall–Kier alpha value is -3.00. The molecule has 0 radical (unpaired) electrons. The molecule has 1 aromatic carbocycles. The maximum Gasteiger partial charge on any atom is 0.337 e. The Labute approximate surface area is 128 Å². The molecule has 0 aliphatic heterocycles. The first kappa shape index (κ1) is 15.4. The average molecular weight is 296 g/mol. The van der Waals surface area contributed by atoms with Gasteiger partial charge >= 0.3 is 5.97 Å². The molecule has 2 rings (SSSR count). The van der Waals surface area contributed by atoms with E-state index in [9.17, 15) is 15.2 Å². The molecule has 0 unspecified atom stereocenters. The van der Waals surface area contributed by atoms with Crippen LogP contribution in [-0.2, 0) is 0 Å². The van der Waals surface area contributed by atoms with Gasteiger partial charge in [-0.2, -0.15) is 5.26 Å². The third-order valence-corrected chi connectivity index (χ3v) is 3.50. The monoisotopic (exact) mass is 296 g/mol. The van der Waals surface area contributed by atoms with Gasteiger partial charge < -0.3 is 14.8 Å². The molecule has 0 saturated heterocycles. The van der Waals surface area contributed by atoms with Gasteiger partial charge in [0.05, 0.1) is 24.3 Å². The summed E-state index contributed by atoms with van der Waals surface area (Å²) < 4.78 is 5.09. The molecule has 2 aromatic rings. The first-order valence-electron chi connectivity index (χ1n) is 6.66. The summed E-state index contributed by atoms with van der Waals surface area (Å²) in [5.74, 6) is -0.269. The molecule has 0 amide bonds. The number of nitriles is 1. The number of aromatic amines is 1. The van der Waals surface area contributed by atoms with Gasteiger partial charge in [0.2, 0.25) is 0 Å². The van der Waals surface area contributed by atoms with Crippen molar-refractivity contribution in [2.24, 2.45) is 0 Å². The number of methoxy groups -OCH3 is 1. The fourth-order valence-electron chi connectivity index (χ4n) is 2.33. The number of hydrogen-bond donors (Lipinski definition) is 2. The molecular weight excluding hydrogens is 280 g/mol. The number of allylic oxidation sites excluding steroid dienone is 1. The molecule has 2 N–H and O–H groups in total. The van der Waals surface area contributed by atoms with E-state index in [1.54, 1.807) is 51.3 Å². The quantitative estimate of drug-likeness (QED) is 0.847. The molecule has 1 aromatic heterocycles. The van der Waals surface area contributed by atoms with Crippen molar-refractivity contribution >= 4 is 17.6 Å². The molecule has 0 atom stereocenters. The summed E-state index contributed by atoms with van der Waals surface area (Å²) in [6, 6.07) is 9.27. The molecule has 5 nitrogen and oxygen atoms in total. The van der Waals surface area contributed by atoms with Gasteiger partial charge in [-0.3, -0.25) is 0 Å². The van der Waals surface area contributed by atoms with Crippen molar-refractivity contribution in [3.8, 4) is 11.8 Å². The van der Waals surface area contributed by atoms with Crippen LogP contribution in [0.2, 0.25) is 0 Å². The van der Waals surface area contributed by atoms with Crippen LogP contribution in [0.4, 0.5) is 0 Å². The summed E-state index contributed by atoms with van der Waals surface area (Å²) in [6.45, 7) is 3.43. The highest BCUT2D eigenvalue weighted by Crippen LogP contribution is 2.24. The van der Waals surface area contributed by atoms with E-state index in [2.05, 4.69) is 11.1 Å². The number of aromatic nitrogens is 1. The van der Waals surface area contributed by atoms with Gasteiger partial charge in [0, 0.05) is 11.4 Å². The predicted octanol–water partition coefficient (Wildman–Crippen LogP) is 3.40. The second-order valence-corrected chi connectivity index (χ2v) is 4.87. The van der Waals surface area contributed by atoms with Crippen LogP contribution in [0.25, 0.3) is 11.6 Å². The summed E-state index contributed by atoms with van der Waals surface area (Å²) in [5.41, 5.74) is 3.26. The first-order chi connectivity index (χ1) is 10.5. The number of carboxylic acids is 1. The molecule has 0 aliphatic rings. The number of carboxylic acid groups (broad SMARTS) is 1. The van der Waals surface area contributed by atoms with Gasteiger partial charge in [-0.25, -0.2) is 4.79 Å². The van der Waals surface area contributed by atoms with E-state index in [0.29, 0.717) is 28.3 Å². The average Bonchev–Trinajstić information content (AvgIpc) is 2.79. The molecule has 5 heteroatoms. The fraction of sp³-hybridized carbons (Fsp3) is 0.176. The summed E-state index contributed by atoms with van der Waals surface area (Å²) >= 11 is 0. The second kappa shape index (κ2) is 6.19. The molecule has 0 fully saturated rings. The molecule has 0 bridgehead atoms. The number of nitrogens with one attached hydrogen (secondary N) is 1. The van der Waals surface area contributed by atoms with Crippen LogP contribution in [0, 0.1) is 25.2 Å². The van der Waals surface area contributed by atoms with Crippen LogP contribution < -0.4 is 4.74 Å². The minimum Gasteiger partial charge on any atom is -0.497 e. The zero-order valence-electron chi connectivity index (χ0n) is 12.6. The Bertz CT molecular complexity index is 777. The number of rotatable bonds is 4. The number of hydrogen-bond acceptors (Lipinski definition) is 3. The van der Waals surface area contributed by atoms with Crippen molar-refractivity contribution in [1.29, 1.82) is 5.26 Å². The smallest absolute Gasteiger partial charge is 0.337 e. The lowest BCUT2D eigenvalue weighted by atomic mass is 10.0. The number of nitrogens with zero attached hydrogens (tertiary/aromatic N) is 1. The van der Waals surface area contributed by atoms with Crippen molar-refractivity contribution < 1.29 is 14.6 Å². The van der Waals surface area contributed by atoms with Gasteiger partial charge in [0.25, 0.3) is 0 Å². The van der Waals surface area contributed by atoms with Crippen molar-refractivity contribution in [1.82, 2.24) is 4.98 Å². The van der Waals surface area contributed by atoms with Crippen molar-refractivity contribution in [3.05, 3.63) is 52.3 Å². The predicted molar refractivity (Wildman–Crippen MR) is 83.7 cm³/mol. The van der Waals surface area contributed by atoms with Crippen LogP contribution in [0.3, 0.4) is 0 Å². The Balaban J connectivity index is 2.47. The Morgan fingerprint density at radius 3 is 2.41 bits per heavy atom. The van der Waals surface area contributed by atoms with Crippen molar-refractivity contribution in [3.63, 3.8) is 0 Å². The number of aromatic carboxylic acids is 1. The van der Waals surface area contributed by atoms with Crippen LogP contribution in [0.15, 0.2) is 24.3 Å². The topological polar surface area (TPSA) is 86.1 Å². The van der Waals surface area contributed by atoms with E-state index >= 15 is 0 Å². The molecular formula is C17H16N2O3. The standard InChI is InChI=1S/C17H16N2O3/c1-10-15(19-11(2)16(10)17(20)21)8-13(9-18)12-4-6-14(22-3)7-5-12/h4-8,19H,1-3H3,(H,20,21)/b13-8+. The van der Waals surface area contributed by atoms with Crippen LogP contribution in [0.1, 0.15) is 32.9 Å². The lowest BCUT2D eigenvalue weighted by Crippen LogP contribution is -1.98. The van der Waals surface area contributed by atoms with Gasteiger partial charge in [-0.05, 0) is 55.3 Å². The van der Waals surface area contributed by atoms with E-state index in [4.69, 9.17) is 4.74 Å². The minimum absolute atomic E-state index is 0.248. The fourth-order valence-corrected chi connectivity index (χ4v) is 2.33. The number of carbonyl (C=O) groups is 1. The van der Waals surface area contributed by atoms with E-state index in [1.165, 1.54) is 0 Å². The van der Waals surface area contributed by atoms with Gasteiger partial charge in [-0.15, -0.1) is 0 Å². The second-order valence-electron chi connectivity index (χ2n) is 4.87. The molecule has 1 heterocycles. The maximum absolute atomic E-state index is 11.2. The summed E-state index contributed by atoms with van der Waals surface area (Å²) in [4.78, 5) is 14.3. The normalized spacial score (nSPS) is 11.1. The Kier molecular flexibility index (Phi) is 4.33. The Morgan fingerprint density at radius 1 is 1.32 bits per heavy atom. The highest BCUT2D eigenvalue weighted by molar-refractivity contribution is 5.95. The number of ether oxygens (including phenoxy) is 1. The molecule has 0 aliphatic carbocycles. The van der Waals surface area contributed by atoms with E-state index < -0.39 is 5.97 Å². The number of aryl methyl sites for hydroxylation is 1. The van der Waals surface area contributed by atoms with Crippen LogP contribution in [-0.4, -0.2) is 23.2 Å². The number of H-pyrrole nitrogens is 1. The lowest BCUT2D eigenvalue weighted by molar-refractivity contribution is 0.0695. The van der Waals surface area contributed by atoms with Crippen molar-refractivity contribution in [2.75, 3.05) is 7.11 Å². The highest BCUT2D eigenvalue weighted by atomic mass is 16.5. The summed E-state index contributed by atoms with van der Waals surface area (Å²) in [5, 5.41) is 18.6. The van der Waals surface area contributed by atoms with Gasteiger partial charge in [-0.1, -0.05) is 0 Å². The number of benzene rings is 1. The first-order valence-corrected chi connectivity index (χ1v) is 6.66. The van der Waals surface area contributed by atoms with Crippen LogP contribution in [0.5, 0.6) is 5.75 Å². The third kappa shape index (κ3) is 2.86. The van der Waals surface area contributed by atoms with Gasteiger partial charge in [0.15, 0.2) is 0 Å². The van der Waals surface area contributed by atoms with E-state index in [-0.39, 0.29) is 5.56 Å². The minimum atomic E-state index is -0.978. The molecule has 22 heavy (non-hydrogen) atoms. The SMILES string of the molecule is COc1ccc(/C(C#N)=C/c2[nH]c(C)c(C(=O)O)c2C)cc1. The largest absolute Gasteiger partial charge is 0.497 e. The highest BCUT2D eigenvalue weighted by Gasteiger charge is 2.16. The molecule has 112 valence electrons. The molecule has 0 saturated carbocycles. The van der Waals surface area contributed by atoms with Crippen molar-refractivity contribution in [2.45, 2.75) is 13.8 Å². The summed E-state index contributed by atoms with van der Waals surface area (Å²) in [7, 11) is 1.58. The molecule has 0 spiro atoms. The third-order valence-electron chi connectivity index (χ3n) is 3.50. The zero-order chi connectivity index (χ0) is 16.3.